The van der Waals surface area contributed by atoms with Crippen molar-refractivity contribution in [2.75, 3.05) is 30.8 Å². The van der Waals surface area contributed by atoms with Crippen LogP contribution < -0.4 is 4.90 Å². The van der Waals surface area contributed by atoms with Crippen molar-refractivity contribution in [2.24, 2.45) is 0 Å². The number of nitrogens with zero attached hydrogens (tertiary/aromatic N) is 4. The molecule has 7 nitrogen and oxygen atoms in total. The number of amides is 1. The Balaban J connectivity index is 1.67. The molecule has 3 aromatic rings. The maximum absolute atomic E-state index is 13.6. The van der Waals surface area contributed by atoms with Crippen molar-refractivity contribution >= 4 is 21.4 Å². The molecule has 0 saturated heterocycles. The fraction of sp³-hybridized carbons (Fsp3) is 0.333. The molecule has 0 bridgehead atoms. The summed E-state index contributed by atoms with van der Waals surface area (Å²) in [6.45, 7) is 6.48. The monoisotopic (exact) mass is 452 g/mol. The highest BCUT2D eigenvalue weighted by Crippen LogP contribution is 2.28. The summed E-state index contributed by atoms with van der Waals surface area (Å²) in [5, 5.41) is 4.70. The molecule has 2 heterocycles. The summed E-state index contributed by atoms with van der Waals surface area (Å²) in [5.41, 5.74) is 4.17. The first kappa shape index (κ1) is 22.1. The Bertz CT molecular complexity index is 1230. The highest BCUT2D eigenvalue weighted by atomic mass is 32.2. The quantitative estimate of drug-likeness (QED) is 0.574. The maximum atomic E-state index is 13.6. The van der Waals surface area contributed by atoms with Gasteiger partial charge in [-0.1, -0.05) is 18.2 Å². The van der Waals surface area contributed by atoms with E-state index in [1.165, 1.54) is 12.3 Å². The topological polar surface area (TPSA) is 75.5 Å². The molecular weight excluding hydrogens is 424 g/mol. The Kier molecular flexibility index (Phi) is 6.06. The molecule has 0 radical (unpaired) electrons. The number of anilines is 1. The Morgan fingerprint density at radius 3 is 2.47 bits per heavy atom. The van der Waals surface area contributed by atoms with E-state index in [4.69, 9.17) is 5.10 Å². The van der Waals surface area contributed by atoms with Crippen LogP contribution in [0.1, 0.15) is 35.5 Å². The number of fused-ring (bicyclic) bond motifs is 1. The lowest BCUT2D eigenvalue weighted by atomic mass is 10.1. The zero-order chi connectivity index (χ0) is 22.9. The number of carbonyl (C=O) groups is 1. The largest absolute Gasteiger partial charge is 0.371 e. The predicted octanol–water partition coefficient (Wildman–Crippen LogP) is 3.32. The number of para-hydroxylation sites is 1. The minimum atomic E-state index is -3.42. The molecule has 0 spiro atoms. The van der Waals surface area contributed by atoms with E-state index in [2.05, 4.69) is 4.90 Å². The second-order valence-electron chi connectivity index (χ2n) is 7.98. The lowest BCUT2D eigenvalue weighted by Gasteiger charge is -2.30. The first-order valence-electron chi connectivity index (χ1n) is 10.8. The number of hydrogen-bond donors (Lipinski definition) is 0. The third-order valence-electron chi connectivity index (χ3n) is 5.90. The lowest BCUT2D eigenvalue weighted by Crippen LogP contribution is -2.37. The van der Waals surface area contributed by atoms with Gasteiger partial charge >= 0.3 is 0 Å². The van der Waals surface area contributed by atoms with Gasteiger partial charge in [-0.25, -0.2) is 13.1 Å². The lowest BCUT2D eigenvalue weighted by molar-refractivity contribution is 0.0734. The van der Waals surface area contributed by atoms with Crippen LogP contribution in [0.15, 0.2) is 59.6 Å². The van der Waals surface area contributed by atoms with E-state index in [-0.39, 0.29) is 10.8 Å². The van der Waals surface area contributed by atoms with Crippen LogP contribution in [0.5, 0.6) is 0 Å². The van der Waals surface area contributed by atoms with E-state index in [0.29, 0.717) is 25.1 Å². The molecule has 168 valence electrons. The summed E-state index contributed by atoms with van der Waals surface area (Å²) in [4.78, 5) is 17.6. The normalized spacial score (nSPS) is 13.7. The van der Waals surface area contributed by atoms with Gasteiger partial charge in [0, 0.05) is 56.3 Å². The van der Waals surface area contributed by atoms with E-state index in [9.17, 15) is 13.2 Å². The van der Waals surface area contributed by atoms with Gasteiger partial charge in [0.05, 0.1) is 21.8 Å². The third-order valence-corrected chi connectivity index (χ3v) is 7.01. The van der Waals surface area contributed by atoms with Crippen LogP contribution in [0.3, 0.4) is 0 Å². The van der Waals surface area contributed by atoms with Gasteiger partial charge < -0.3 is 9.80 Å². The van der Waals surface area contributed by atoms with Crippen LogP contribution >= 0.6 is 0 Å². The maximum Gasteiger partial charge on any atom is 0.256 e. The van der Waals surface area contributed by atoms with Crippen molar-refractivity contribution in [1.82, 2.24) is 14.7 Å². The highest BCUT2D eigenvalue weighted by Gasteiger charge is 2.27. The molecular formula is C24H28N4O3S. The summed E-state index contributed by atoms with van der Waals surface area (Å²) in [6.07, 6.45) is 3.80. The van der Waals surface area contributed by atoms with E-state index < -0.39 is 9.84 Å². The van der Waals surface area contributed by atoms with Crippen molar-refractivity contribution in [3.63, 3.8) is 0 Å². The molecule has 0 atom stereocenters. The van der Waals surface area contributed by atoms with Gasteiger partial charge in [0.25, 0.3) is 5.91 Å². The fourth-order valence-corrected chi connectivity index (χ4v) is 4.77. The number of rotatable bonds is 6. The van der Waals surface area contributed by atoms with Crippen LogP contribution in [-0.4, -0.2) is 54.9 Å². The van der Waals surface area contributed by atoms with Crippen molar-refractivity contribution in [3.8, 4) is 5.69 Å². The van der Waals surface area contributed by atoms with E-state index in [1.807, 2.05) is 55.1 Å². The Labute approximate surface area is 189 Å². The Morgan fingerprint density at radius 1 is 1.09 bits per heavy atom. The number of benzene rings is 2. The summed E-state index contributed by atoms with van der Waals surface area (Å²) in [5.74, 6) is -0.157. The predicted molar refractivity (Wildman–Crippen MR) is 125 cm³/mol. The average molecular weight is 453 g/mol. The molecule has 4 rings (SSSR count). The van der Waals surface area contributed by atoms with Crippen molar-refractivity contribution in [2.45, 2.75) is 31.7 Å². The molecule has 2 aromatic carbocycles. The zero-order valence-electron chi connectivity index (χ0n) is 18.7. The smallest absolute Gasteiger partial charge is 0.256 e. The van der Waals surface area contributed by atoms with Crippen LogP contribution in [0.2, 0.25) is 0 Å². The molecule has 8 heteroatoms. The number of aromatic nitrogens is 2. The van der Waals surface area contributed by atoms with Crippen molar-refractivity contribution in [3.05, 3.63) is 71.5 Å². The minimum absolute atomic E-state index is 0.157. The summed E-state index contributed by atoms with van der Waals surface area (Å²) in [7, 11) is -3.42. The van der Waals surface area contributed by atoms with Crippen molar-refractivity contribution < 1.29 is 13.2 Å². The molecule has 0 fully saturated rings. The fourth-order valence-electron chi connectivity index (χ4n) is 4.13. The molecule has 0 N–H and O–H groups in total. The van der Waals surface area contributed by atoms with Gasteiger partial charge in [0.1, 0.15) is 0 Å². The molecule has 1 aliphatic rings. The van der Waals surface area contributed by atoms with Crippen molar-refractivity contribution in [1.29, 1.82) is 0 Å². The number of sulfone groups is 1. The van der Waals surface area contributed by atoms with E-state index in [0.717, 1.165) is 35.7 Å². The zero-order valence-corrected chi connectivity index (χ0v) is 19.5. The summed E-state index contributed by atoms with van der Waals surface area (Å²) >= 11 is 0. The van der Waals surface area contributed by atoms with Gasteiger partial charge in [0.2, 0.25) is 0 Å². The molecule has 0 aliphatic carbocycles. The minimum Gasteiger partial charge on any atom is -0.371 e. The van der Waals surface area contributed by atoms with E-state index in [1.54, 1.807) is 17.0 Å². The van der Waals surface area contributed by atoms with E-state index >= 15 is 0 Å². The first-order valence-corrected chi connectivity index (χ1v) is 12.7. The molecule has 1 aliphatic heterocycles. The molecule has 1 amide bonds. The van der Waals surface area contributed by atoms with Crippen LogP contribution in [0, 0.1) is 0 Å². The number of hydrogen-bond acceptors (Lipinski definition) is 5. The second kappa shape index (κ2) is 8.78. The van der Waals surface area contributed by atoms with Gasteiger partial charge in [-0.05, 0) is 44.2 Å². The Morgan fingerprint density at radius 2 is 1.81 bits per heavy atom. The second-order valence-corrected chi connectivity index (χ2v) is 10.00. The number of carbonyl (C=O) groups excluding carboxylic acids is 1. The van der Waals surface area contributed by atoms with Gasteiger partial charge in [0.15, 0.2) is 9.84 Å². The summed E-state index contributed by atoms with van der Waals surface area (Å²) < 4.78 is 26.2. The van der Waals surface area contributed by atoms with Crippen LogP contribution in [0.25, 0.3) is 5.69 Å². The first-order chi connectivity index (χ1) is 15.3. The SMILES string of the molecule is CCN(CC)c1ccc(S(C)(=O)=O)cc1C(=O)N1CCc2nn(-c3ccccc3)cc2C1. The molecule has 32 heavy (non-hydrogen) atoms. The molecule has 0 saturated carbocycles. The highest BCUT2D eigenvalue weighted by molar-refractivity contribution is 7.90. The van der Waals surface area contributed by atoms with Crippen LogP contribution in [-0.2, 0) is 22.8 Å². The standard InChI is InChI=1S/C24H28N4O3S/c1-4-26(5-2)23-12-11-20(32(3,30)31)15-21(23)24(29)27-14-13-22-18(16-27)17-28(25-22)19-9-7-6-8-10-19/h6-12,15,17H,4-5,13-14,16H2,1-3H3. The van der Waals surface area contributed by atoms with Gasteiger partial charge in [-0.15, -0.1) is 0 Å². The van der Waals surface area contributed by atoms with Gasteiger partial charge in [-0.2, -0.15) is 5.10 Å². The molecule has 0 unspecified atom stereocenters. The molecule has 1 aromatic heterocycles. The summed E-state index contributed by atoms with van der Waals surface area (Å²) in [6, 6.07) is 14.7. The van der Waals surface area contributed by atoms with Crippen LogP contribution in [0.4, 0.5) is 5.69 Å². The Hall–Kier alpha value is -3.13. The average Bonchev–Trinajstić information content (AvgIpc) is 3.23. The third kappa shape index (κ3) is 4.27. The van der Waals surface area contributed by atoms with Gasteiger partial charge in [-0.3, -0.25) is 4.79 Å².